The van der Waals surface area contributed by atoms with Gasteiger partial charge in [-0.15, -0.1) is 0 Å². The van der Waals surface area contributed by atoms with E-state index >= 15 is 0 Å². The Labute approximate surface area is 172 Å². The number of nitrogens with zero attached hydrogens (tertiary/aromatic N) is 3. The molecule has 0 radical (unpaired) electrons. The lowest BCUT2D eigenvalue weighted by atomic mass is 10.1. The Hall–Kier alpha value is -4.33. The van der Waals surface area contributed by atoms with Gasteiger partial charge in [-0.05, 0) is 24.3 Å². The zero-order valence-corrected chi connectivity index (χ0v) is 16.0. The molecule has 0 saturated heterocycles. The third-order valence-electron chi connectivity index (χ3n) is 4.38. The maximum atomic E-state index is 12.7. The van der Waals surface area contributed by atoms with Crippen LogP contribution in [0.15, 0.2) is 73.2 Å². The number of amides is 1. The van der Waals surface area contributed by atoms with E-state index in [1.54, 1.807) is 30.5 Å². The van der Waals surface area contributed by atoms with Gasteiger partial charge in [0.05, 0.1) is 29.6 Å². The van der Waals surface area contributed by atoms with Crippen LogP contribution >= 0.6 is 0 Å². The van der Waals surface area contributed by atoms with Crippen LogP contribution in [0.3, 0.4) is 0 Å². The van der Waals surface area contributed by atoms with E-state index in [0.29, 0.717) is 11.5 Å². The first-order valence-corrected chi connectivity index (χ1v) is 9.07. The molecule has 8 nitrogen and oxygen atoms in total. The molecule has 4 rings (SSSR count). The lowest BCUT2D eigenvalue weighted by molar-refractivity contribution is 0.0602. The predicted octanol–water partition coefficient (Wildman–Crippen LogP) is 3.81. The van der Waals surface area contributed by atoms with Crippen molar-refractivity contribution in [3.8, 4) is 0 Å². The van der Waals surface area contributed by atoms with Gasteiger partial charge in [-0.3, -0.25) is 9.78 Å². The fourth-order valence-electron chi connectivity index (χ4n) is 2.96. The molecule has 2 heterocycles. The van der Waals surface area contributed by atoms with Crippen LogP contribution < -0.4 is 10.6 Å². The van der Waals surface area contributed by atoms with Crippen LogP contribution in [0.2, 0.25) is 0 Å². The molecule has 148 valence electrons. The van der Waals surface area contributed by atoms with Crippen molar-refractivity contribution < 1.29 is 14.3 Å². The third kappa shape index (κ3) is 3.93. The molecular weight excluding hydrogens is 382 g/mol. The smallest absolute Gasteiger partial charge is 0.339 e. The minimum atomic E-state index is -0.542. The van der Waals surface area contributed by atoms with Crippen molar-refractivity contribution in [1.29, 1.82) is 0 Å². The molecule has 0 aliphatic carbocycles. The van der Waals surface area contributed by atoms with Gasteiger partial charge in [-0.25, -0.2) is 14.8 Å². The van der Waals surface area contributed by atoms with Crippen molar-refractivity contribution in [1.82, 2.24) is 15.0 Å². The van der Waals surface area contributed by atoms with E-state index in [1.807, 2.05) is 30.3 Å². The lowest BCUT2D eigenvalue weighted by Crippen LogP contribution is -2.17. The lowest BCUT2D eigenvalue weighted by Gasteiger charge is -2.11. The largest absolute Gasteiger partial charge is 0.465 e. The second-order valence-corrected chi connectivity index (χ2v) is 6.29. The minimum Gasteiger partial charge on any atom is -0.465 e. The molecule has 0 saturated carbocycles. The first kappa shape index (κ1) is 19.0. The van der Waals surface area contributed by atoms with E-state index in [1.165, 1.54) is 19.5 Å². The van der Waals surface area contributed by atoms with Gasteiger partial charge in [0.25, 0.3) is 5.91 Å². The zero-order valence-electron chi connectivity index (χ0n) is 16.0. The molecule has 0 atom stereocenters. The molecule has 0 bridgehead atoms. The van der Waals surface area contributed by atoms with Crippen LogP contribution in [0.1, 0.15) is 20.8 Å². The van der Waals surface area contributed by atoms with Gasteiger partial charge in [0.2, 0.25) is 0 Å². The number of pyridine rings is 1. The van der Waals surface area contributed by atoms with Gasteiger partial charge in [-0.2, -0.15) is 0 Å². The number of aromatic nitrogens is 3. The van der Waals surface area contributed by atoms with E-state index in [4.69, 9.17) is 4.74 Å². The number of carbonyl (C=O) groups is 2. The maximum Gasteiger partial charge on any atom is 0.339 e. The highest BCUT2D eigenvalue weighted by molar-refractivity contribution is 6.07. The van der Waals surface area contributed by atoms with Gasteiger partial charge in [0.15, 0.2) is 0 Å². The molecule has 2 N–H and O–H groups in total. The van der Waals surface area contributed by atoms with Crippen molar-refractivity contribution in [2.24, 2.45) is 0 Å². The van der Waals surface area contributed by atoms with E-state index in [0.717, 1.165) is 16.6 Å². The predicted molar refractivity (Wildman–Crippen MR) is 113 cm³/mol. The molecule has 2 aromatic carbocycles. The van der Waals surface area contributed by atoms with Crippen LogP contribution in [0.25, 0.3) is 10.9 Å². The normalized spacial score (nSPS) is 10.4. The van der Waals surface area contributed by atoms with Crippen molar-refractivity contribution in [3.05, 3.63) is 84.4 Å². The second-order valence-electron chi connectivity index (χ2n) is 6.29. The fourth-order valence-corrected chi connectivity index (χ4v) is 2.96. The van der Waals surface area contributed by atoms with Gasteiger partial charge < -0.3 is 15.4 Å². The standard InChI is InChI=1S/C22H17N5O3/c1-30-22(29)15-8-2-3-9-16(15)27-21(28)18-12-19(25-13-24-18)26-17-10-4-6-14-7-5-11-23-20(14)17/h2-13H,1H3,(H,27,28)(H,24,25,26). The number of para-hydroxylation sites is 2. The number of esters is 1. The number of anilines is 3. The Morgan fingerprint density at radius 1 is 0.900 bits per heavy atom. The number of nitrogens with one attached hydrogen (secondary N) is 2. The van der Waals surface area contributed by atoms with E-state index < -0.39 is 11.9 Å². The summed E-state index contributed by atoms with van der Waals surface area (Å²) < 4.78 is 4.75. The van der Waals surface area contributed by atoms with Crippen LogP contribution in [0, 0.1) is 0 Å². The number of fused-ring (bicyclic) bond motifs is 1. The van der Waals surface area contributed by atoms with E-state index in [2.05, 4.69) is 25.6 Å². The number of ether oxygens (including phenoxy) is 1. The summed E-state index contributed by atoms with van der Waals surface area (Å²) in [6.45, 7) is 0. The molecule has 4 aromatic rings. The monoisotopic (exact) mass is 399 g/mol. The fraction of sp³-hybridized carbons (Fsp3) is 0.0455. The summed E-state index contributed by atoms with van der Waals surface area (Å²) >= 11 is 0. The third-order valence-corrected chi connectivity index (χ3v) is 4.38. The molecule has 30 heavy (non-hydrogen) atoms. The van der Waals surface area contributed by atoms with Gasteiger partial charge in [0.1, 0.15) is 17.8 Å². The number of rotatable bonds is 5. The van der Waals surface area contributed by atoms with Crippen molar-refractivity contribution >= 4 is 40.0 Å². The van der Waals surface area contributed by atoms with Crippen molar-refractivity contribution in [3.63, 3.8) is 0 Å². The van der Waals surface area contributed by atoms with Crippen molar-refractivity contribution in [2.45, 2.75) is 0 Å². The Balaban J connectivity index is 1.58. The summed E-state index contributed by atoms with van der Waals surface area (Å²) in [6, 6.07) is 17.7. The Morgan fingerprint density at radius 3 is 2.57 bits per heavy atom. The number of benzene rings is 2. The first-order chi connectivity index (χ1) is 14.7. The summed E-state index contributed by atoms with van der Waals surface area (Å²) in [5.41, 5.74) is 2.27. The number of carbonyl (C=O) groups excluding carboxylic acids is 2. The van der Waals surface area contributed by atoms with Gasteiger partial charge in [0, 0.05) is 17.6 Å². The van der Waals surface area contributed by atoms with Crippen LogP contribution in [-0.2, 0) is 4.74 Å². The Bertz CT molecular complexity index is 1240. The number of hydrogen-bond acceptors (Lipinski definition) is 7. The average Bonchev–Trinajstić information content (AvgIpc) is 2.79. The highest BCUT2D eigenvalue weighted by atomic mass is 16.5. The van der Waals surface area contributed by atoms with E-state index in [9.17, 15) is 9.59 Å². The first-order valence-electron chi connectivity index (χ1n) is 9.07. The molecule has 0 unspecified atom stereocenters. The number of hydrogen-bond donors (Lipinski definition) is 2. The minimum absolute atomic E-state index is 0.139. The average molecular weight is 399 g/mol. The molecule has 1 amide bonds. The second kappa shape index (κ2) is 8.36. The van der Waals surface area contributed by atoms with Crippen molar-refractivity contribution in [2.75, 3.05) is 17.7 Å². The molecular formula is C22H17N5O3. The summed E-state index contributed by atoms with van der Waals surface area (Å²) in [5.74, 6) is -0.582. The topological polar surface area (TPSA) is 106 Å². The van der Waals surface area contributed by atoms with Crippen LogP contribution in [-0.4, -0.2) is 33.9 Å². The number of methoxy groups -OCH3 is 1. The van der Waals surface area contributed by atoms with Gasteiger partial charge in [-0.1, -0.05) is 30.3 Å². The molecule has 0 fully saturated rings. The summed E-state index contributed by atoms with van der Waals surface area (Å²) in [5, 5.41) is 6.85. The molecule has 0 aliphatic rings. The molecule has 0 aliphatic heterocycles. The quantitative estimate of drug-likeness (QED) is 0.492. The highest BCUT2D eigenvalue weighted by Crippen LogP contribution is 2.24. The Kier molecular flexibility index (Phi) is 5.29. The molecule has 0 spiro atoms. The van der Waals surface area contributed by atoms with Crippen LogP contribution in [0.5, 0.6) is 0 Å². The van der Waals surface area contributed by atoms with Crippen LogP contribution in [0.4, 0.5) is 17.2 Å². The van der Waals surface area contributed by atoms with Gasteiger partial charge >= 0.3 is 5.97 Å². The Morgan fingerprint density at radius 2 is 1.70 bits per heavy atom. The summed E-state index contributed by atoms with van der Waals surface area (Å²) in [6.07, 6.45) is 3.01. The summed E-state index contributed by atoms with van der Waals surface area (Å²) in [4.78, 5) is 37.2. The highest BCUT2D eigenvalue weighted by Gasteiger charge is 2.16. The SMILES string of the molecule is COC(=O)c1ccccc1NC(=O)c1cc(Nc2cccc3cccnc23)ncn1. The molecule has 2 aromatic heterocycles. The summed E-state index contributed by atoms with van der Waals surface area (Å²) in [7, 11) is 1.28. The van der Waals surface area contributed by atoms with E-state index in [-0.39, 0.29) is 11.3 Å². The molecule has 8 heteroatoms. The zero-order chi connectivity index (χ0) is 20.9. The maximum absolute atomic E-state index is 12.7.